The Morgan fingerprint density at radius 3 is 3.27 bits per heavy atom. The predicted molar refractivity (Wildman–Crippen MR) is 60.8 cm³/mol. The first-order chi connectivity index (χ1) is 7.42. The molecule has 0 unspecified atom stereocenters. The maximum atomic E-state index is 5.68. The Balaban J connectivity index is 2.31. The maximum absolute atomic E-state index is 5.68. The van der Waals surface area contributed by atoms with Crippen molar-refractivity contribution in [3.63, 3.8) is 0 Å². The summed E-state index contributed by atoms with van der Waals surface area (Å²) in [5.41, 5.74) is 9.93. The molecule has 0 saturated carbocycles. The second kappa shape index (κ2) is 3.35. The lowest BCUT2D eigenvalue weighted by molar-refractivity contribution is 0.771. The van der Waals surface area contributed by atoms with Gasteiger partial charge in [-0.2, -0.15) is 0 Å². The van der Waals surface area contributed by atoms with Crippen molar-refractivity contribution in [1.82, 2.24) is 9.55 Å². The monoisotopic (exact) mass is 201 g/mol. The number of hydrogen-bond donors (Lipinski definition) is 1. The number of aryl methyl sites for hydroxylation is 1. The lowest BCUT2D eigenvalue weighted by atomic mass is 10.1. The first-order valence-corrected chi connectivity index (χ1v) is 5.56. The van der Waals surface area contributed by atoms with Crippen molar-refractivity contribution >= 4 is 10.9 Å². The van der Waals surface area contributed by atoms with Crippen molar-refractivity contribution < 1.29 is 0 Å². The minimum Gasteiger partial charge on any atom is -0.344 e. The normalized spacial score (nSPS) is 14.7. The van der Waals surface area contributed by atoms with Crippen LogP contribution < -0.4 is 5.73 Å². The van der Waals surface area contributed by atoms with Crippen LogP contribution in [0.15, 0.2) is 18.5 Å². The number of rotatable bonds is 2. The minimum atomic E-state index is 0.723. The summed E-state index contributed by atoms with van der Waals surface area (Å²) >= 11 is 0. The summed E-state index contributed by atoms with van der Waals surface area (Å²) in [4.78, 5) is 4.21. The van der Waals surface area contributed by atoms with Gasteiger partial charge in [0.15, 0.2) is 0 Å². The molecule has 3 heteroatoms. The highest BCUT2D eigenvalue weighted by atomic mass is 15.0. The molecule has 0 radical (unpaired) electrons. The molecule has 0 saturated heterocycles. The van der Waals surface area contributed by atoms with Crippen molar-refractivity contribution in [1.29, 1.82) is 0 Å². The van der Waals surface area contributed by atoms with Gasteiger partial charge < -0.3 is 10.3 Å². The van der Waals surface area contributed by atoms with Crippen LogP contribution in [0.1, 0.15) is 17.7 Å². The molecule has 0 aromatic carbocycles. The molecule has 2 aromatic rings. The Bertz CT molecular complexity index is 499. The molecule has 78 valence electrons. The summed E-state index contributed by atoms with van der Waals surface area (Å²) < 4.78 is 2.43. The van der Waals surface area contributed by atoms with Crippen LogP contribution in [-0.2, 0) is 19.4 Å². The van der Waals surface area contributed by atoms with Gasteiger partial charge in [-0.1, -0.05) is 0 Å². The van der Waals surface area contributed by atoms with E-state index in [4.69, 9.17) is 5.73 Å². The SMILES string of the molecule is NCCc1c2n(c3ccncc13)CCC2. The molecule has 2 N–H and O–H groups in total. The van der Waals surface area contributed by atoms with E-state index in [1.165, 1.54) is 35.0 Å². The van der Waals surface area contributed by atoms with Gasteiger partial charge in [-0.25, -0.2) is 0 Å². The molecule has 0 amide bonds. The van der Waals surface area contributed by atoms with Crippen LogP contribution in [0.25, 0.3) is 10.9 Å². The summed E-state index contributed by atoms with van der Waals surface area (Å²) in [6.45, 7) is 1.88. The topological polar surface area (TPSA) is 43.8 Å². The summed E-state index contributed by atoms with van der Waals surface area (Å²) in [5.74, 6) is 0. The second-order valence-corrected chi connectivity index (χ2v) is 4.11. The molecule has 1 aliphatic heterocycles. The largest absolute Gasteiger partial charge is 0.344 e. The average Bonchev–Trinajstić information content (AvgIpc) is 2.82. The van der Waals surface area contributed by atoms with Crippen LogP contribution in [0.5, 0.6) is 0 Å². The quantitative estimate of drug-likeness (QED) is 0.800. The third-order valence-electron chi connectivity index (χ3n) is 3.28. The number of hydrogen-bond acceptors (Lipinski definition) is 2. The average molecular weight is 201 g/mol. The molecule has 0 spiro atoms. The van der Waals surface area contributed by atoms with Gasteiger partial charge in [0.2, 0.25) is 0 Å². The van der Waals surface area contributed by atoms with Gasteiger partial charge >= 0.3 is 0 Å². The third-order valence-corrected chi connectivity index (χ3v) is 3.28. The van der Waals surface area contributed by atoms with Crippen LogP contribution in [0.4, 0.5) is 0 Å². The molecule has 3 heterocycles. The summed E-state index contributed by atoms with van der Waals surface area (Å²) in [6.07, 6.45) is 7.30. The molecule has 0 bridgehead atoms. The Morgan fingerprint density at radius 2 is 2.40 bits per heavy atom. The second-order valence-electron chi connectivity index (χ2n) is 4.11. The van der Waals surface area contributed by atoms with Crippen molar-refractivity contribution in [2.75, 3.05) is 6.54 Å². The van der Waals surface area contributed by atoms with Gasteiger partial charge in [-0.05, 0) is 37.4 Å². The molecule has 0 fully saturated rings. The highest BCUT2D eigenvalue weighted by Crippen LogP contribution is 2.30. The van der Waals surface area contributed by atoms with E-state index >= 15 is 0 Å². The number of nitrogens with two attached hydrogens (primary N) is 1. The van der Waals surface area contributed by atoms with Crippen LogP contribution >= 0.6 is 0 Å². The zero-order valence-corrected chi connectivity index (χ0v) is 8.74. The molecular weight excluding hydrogens is 186 g/mol. The molecule has 0 aliphatic carbocycles. The van der Waals surface area contributed by atoms with Crippen LogP contribution in [0.3, 0.4) is 0 Å². The third kappa shape index (κ3) is 1.20. The zero-order chi connectivity index (χ0) is 10.3. The van der Waals surface area contributed by atoms with Gasteiger partial charge in [-0.3, -0.25) is 4.98 Å². The summed E-state index contributed by atoms with van der Waals surface area (Å²) in [5, 5.41) is 1.30. The molecule has 3 nitrogen and oxygen atoms in total. The van der Waals surface area contributed by atoms with Crippen molar-refractivity contribution in [2.24, 2.45) is 5.73 Å². The Hall–Kier alpha value is -1.35. The van der Waals surface area contributed by atoms with E-state index < -0.39 is 0 Å². The van der Waals surface area contributed by atoms with E-state index in [2.05, 4.69) is 15.6 Å². The number of nitrogens with zero attached hydrogens (tertiary/aromatic N) is 2. The van der Waals surface area contributed by atoms with Gasteiger partial charge in [0, 0.05) is 30.0 Å². The highest BCUT2D eigenvalue weighted by molar-refractivity contribution is 5.85. The van der Waals surface area contributed by atoms with E-state index in [0.717, 1.165) is 19.5 Å². The summed E-state index contributed by atoms with van der Waals surface area (Å²) in [7, 11) is 0. The summed E-state index contributed by atoms with van der Waals surface area (Å²) in [6, 6.07) is 2.12. The van der Waals surface area contributed by atoms with Gasteiger partial charge in [0.25, 0.3) is 0 Å². The fourth-order valence-electron chi connectivity index (χ4n) is 2.69. The van der Waals surface area contributed by atoms with E-state index in [9.17, 15) is 0 Å². The lowest BCUT2D eigenvalue weighted by Gasteiger charge is -1.99. The number of pyridine rings is 1. The maximum Gasteiger partial charge on any atom is 0.0516 e. The van der Waals surface area contributed by atoms with E-state index in [1.54, 1.807) is 0 Å². The smallest absolute Gasteiger partial charge is 0.0516 e. The van der Waals surface area contributed by atoms with Gasteiger partial charge in [0.05, 0.1) is 5.52 Å². The number of fused-ring (bicyclic) bond motifs is 3. The standard InChI is InChI=1S/C12H15N3/c13-5-3-9-10-8-14-6-4-12(10)15-7-1-2-11(9)15/h4,6,8H,1-3,5,7,13H2. The molecule has 0 atom stereocenters. The fourth-order valence-corrected chi connectivity index (χ4v) is 2.69. The van der Waals surface area contributed by atoms with Crippen molar-refractivity contribution in [3.05, 3.63) is 29.7 Å². The van der Waals surface area contributed by atoms with E-state index in [-0.39, 0.29) is 0 Å². The molecular formula is C12H15N3. The Kier molecular flexibility index (Phi) is 1.99. The zero-order valence-electron chi connectivity index (χ0n) is 8.74. The first-order valence-electron chi connectivity index (χ1n) is 5.56. The number of aromatic nitrogens is 2. The molecule has 1 aliphatic rings. The Morgan fingerprint density at radius 1 is 1.47 bits per heavy atom. The fraction of sp³-hybridized carbons (Fsp3) is 0.417. The highest BCUT2D eigenvalue weighted by Gasteiger charge is 2.19. The van der Waals surface area contributed by atoms with Crippen LogP contribution in [0.2, 0.25) is 0 Å². The van der Waals surface area contributed by atoms with Crippen molar-refractivity contribution in [2.45, 2.75) is 25.8 Å². The van der Waals surface area contributed by atoms with Gasteiger partial charge in [-0.15, -0.1) is 0 Å². The lowest BCUT2D eigenvalue weighted by Crippen LogP contribution is -2.04. The van der Waals surface area contributed by atoms with E-state index in [0.29, 0.717) is 0 Å². The minimum absolute atomic E-state index is 0.723. The van der Waals surface area contributed by atoms with Crippen LogP contribution in [-0.4, -0.2) is 16.1 Å². The first kappa shape index (κ1) is 8.92. The predicted octanol–water partition coefficient (Wildman–Crippen LogP) is 1.48. The Labute approximate surface area is 88.9 Å². The van der Waals surface area contributed by atoms with Crippen molar-refractivity contribution in [3.8, 4) is 0 Å². The molecule has 15 heavy (non-hydrogen) atoms. The van der Waals surface area contributed by atoms with Gasteiger partial charge in [0.1, 0.15) is 0 Å². The molecule has 2 aromatic heterocycles. The van der Waals surface area contributed by atoms with Crippen LogP contribution in [0, 0.1) is 0 Å². The van der Waals surface area contributed by atoms with E-state index in [1.807, 2.05) is 12.4 Å². The molecule has 3 rings (SSSR count).